The number of nitrogens with zero attached hydrogens (tertiary/aromatic N) is 3. The number of carbonyl (C=O) groups excluding carboxylic acids is 2. The fraction of sp³-hybridized carbons (Fsp3) is 0.667. The lowest BCUT2D eigenvalue weighted by atomic mass is 9.96. The maximum absolute atomic E-state index is 14.1. The van der Waals surface area contributed by atoms with Crippen molar-refractivity contribution in [3.8, 4) is 0 Å². The smallest absolute Gasteiger partial charge is 0.236 e. The molecule has 0 spiro atoms. The first-order valence-corrected chi connectivity index (χ1v) is 12.2. The third-order valence-electron chi connectivity index (χ3n) is 6.51. The molecule has 8 heteroatoms. The second-order valence-electron chi connectivity index (χ2n) is 9.13. The van der Waals surface area contributed by atoms with Crippen LogP contribution >= 0.6 is 11.6 Å². The van der Waals surface area contributed by atoms with E-state index in [2.05, 4.69) is 22.0 Å². The number of carbonyl (C=O) groups is 2. The van der Waals surface area contributed by atoms with Gasteiger partial charge in [0.1, 0.15) is 5.82 Å². The van der Waals surface area contributed by atoms with Crippen molar-refractivity contribution in [1.82, 2.24) is 20.0 Å². The van der Waals surface area contributed by atoms with Gasteiger partial charge in [0.15, 0.2) is 0 Å². The van der Waals surface area contributed by atoms with E-state index in [9.17, 15) is 14.0 Å². The van der Waals surface area contributed by atoms with Crippen molar-refractivity contribution in [3.63, 3.8) is 0 Å². The number of nitrogens with one attached hydrogen (secondary N) is 1. The van der Waals surface area contributed by atoms with Crippen LogP contribution in [0.3, 0.4) is 0 Å². The Bertz CT molecular complexity index is 765. The van der Waals surface area contributed by atoms with Crippen LogP contribution in [0.1, 0.15) is 45.1 Å². The summed E-state index contributed by atoms with van der Waals surface area (Å²) in [6.07, 6.45) is 3.85. The van der Waals surface area contributed by atoms with E-state index in [1.54, 1.807) is 12.1 Å². The summed E-state index contributed by atoms with van der Waals surface area (Å²) in [4.78, 5) is 31.6. The summed E-state index contributed by atoms with van der Waals surface area (Å²) in [5.41, 5.74) is 0.514. The average molecular weight is 467 g/mol. The van der Waals surface area contributed by atoms with Crippen LogP contribution in [-0.4, -0.2) is 78.4 Å². The molecule has 2 amide bonds. The van der Waals surface area contributed by atoms with Gasteiger partial charge in [0, 0.05) is 55.9 Å². The van der Waals surface area contributed by atoms with E-state index < -0.39 is 0 Å². The minimum atomic E-state index is -0.288. The van der Waals surface area contributed by atoms with Crippen LogP contribution in [-0.2, 0) is 16.1 Å². The molecular weight excluding hydrogens is 431 g/mol. The fourth-order valence-corrected chi connectivity index (χ4v) is 4.86. The molecule has 2 fully saturated rings. The minimum absolute atomic E-state index is 0.0433. The predicted molar refractivity (Wildman–Crippen MR) is 125 cm³/mol. The zero-order valence-electron chi connectivity index (χ0n) is 19.3. The second-order valence-corrected chi connectivity index (χ2v) is 9.54. The van der Waals surface area contributed by atoms with Gasteiger partial charge >= 0.3 is 0 Å². The SMILES string of the molecule is CCCC(C)NC(=O)C1CCCN(CC(=O)N2CCN(Cc3c(F)cccc3Cl)CC2)C1. The molecule has 2 aliphatic rings. The number of rotatable bonds is 8. The molecule has 2 heterocycles. The van der Waals surface area contributed by atoms with Gasteiger partial charge in [0.05, 0.1) is 12.5 Å². The first kappa shape index (κ1) is 24.9. The molecule has 1 aromatic carbocycles. The molecule has 2 saturated heterocycles. The highest BCUT2D eigenvalue weighted by Crippen LogP contribution is 2.22. The lowest BCUT2D eigenvalue weighted by molar-refractivity contribution is -0.136. The van der Waals surface area contributed by atoms with E-state index >= 15 is 0 Å². The molecule has 0 bridgehead atoms. The Morgan fingerprint density at radius 2 is 1.94 bits per heavy atom. The molecule has 2 aliphatic heterocycles. The summed E-state index contributed by atoms with van der Waals surface area (Å²) < 4.78 is 14.1. The van der Waals surface area contributed by atoms with Crippen LogP contribution in [0.2, 0.25) is 5.02 Å². The number of likely N-dealkylation sites (tertiary alicyclic amines) is 1. The van der Waals surface area contributed by atoms with Gasteiger partial charge in [-0.3, -0.25) is 19.4 Å². The Labute approximate surface area is 196 Å². The summed E-state index contributed by atoms with van der Waals surface area (Å²) >= 11 is 6.15. The van der Waals surface area contributed by atoms with Gasteiger partial charge < -0.3 is 10.2 Å². The third-order valence-corrected chi connectivity index (χ3v) is 6.87. The van der Waals surface area contributed by atoms with E-state index in [-0.39, 0.29) is 29.6 Å². The zero-order valence-corrected chi connectivity index (χ0v) is 20.0. The lowest BCUT2D eigenvalue weighted by Gasteiger charge is -2.37. The summed E-state index contributed by atoms with van der Waals surface area (Å²) in [6.45, 7) is 9.09. The Hall–Kier alpha value is -1.70. The number of hydrogen-bond donors (Lipinski definition) is 1. The number of hydrogen-bond acceptors (Lipinski definition) is 4. The molecule has 2 unspecified atom stereocenters. The molecule has 178 valence electrons. The largest absolute Gasteiger partial charge is 0.353 e. The standard InChI is InChI=1S/C24H36ClFN4O2/c1-3-6-18(2)27-24(32)19-7-5-10-29(15-19)17-23(31)30-13-11-28(12-14-30)16-20-21(25)8-4-9-22(20)26/h4,8-9,18-19H,3,5-7,10-17H2,1-2H3,(H,27,32). The summed E-state index contributed by atoms with van der Waals surface area (Å²) in [5, 5.41) is 3.56. The topological polar surface area (TPSA) is 55.9 Å². The molecule has 1 N–H and O–H groups in total. The van der Waals surface area contributed by atoms with Crippen molar-refractivity contribution in [2.45, 2.75) is 52.1 Å². The quantitative estimate of drug-likeness (QED) is 0.639. The van der Waals surface area contributed by atoms with E-state index in [0.717, 1.165) is 32.2 Å². The summed E-state index contributed by atoms with van der Waals surface area (Å²) in [5.74, 6) is -0.112. The fourth-order valence-electron chi connectivity index (χ4n) is 4.63. The maximum atomic E-state index is 14.1. The van der Waals surface area contributed by atoms with Crippen LogP contribution in [0.4, 0.5) is 4.39 Å². The Morgan fingerprint density at radius 3 is 2.62 bits per heavy atom. The molecule has 0 radical (unpaired) electrons. The predicted octanol–water partition coefficient (Wildman–Crippen LogP) is 3.14. The van der Waals surface area contributed by atoms with Crippen LogP contribution in [0.15, 0.2) is 18.2 Å². The molecule has 2 atom stereocenters. The second kappa shape index (κ2) is 12.0. The van der Waals surface area contributed by atoms with Crippen LogP contribution in [0.5, 0.6) is 0 Å². The lowest BCUT2D eigenvalue weighted by Crippen LogP contribution is -2.52. The monoisotopic (exact) mass is 466 g/mol. The molecule has 0 aliphatic carbocycles. The minimum Gasteiger partial charge on any atom is -0.353 e. The highest BCUT2D eigenvalue weighted by molar-refractivity contribution is 6.31. The summed E-state index contributed by atoms with van der Waals surface area (Å²) in [6, 6.07) is 4.94. The Morgan fingerprint density at radius 1 is 1.19 bits per heavy atom. The van der Waals surface area contributed by atoms with Gasteiger partial charge in [-0.1, -0.05) is 31.0 Å². The zero-order chi connectivity index (χ0) is 23.1. The third kappa shape index (κ3) is 6.90. The van der Waals surface area contributed by atoms with Gasteiger partial charge in [-0.2, -0.15) is 0 Å². The highest BCUT2D eigenvalue weighted by Gasteiger charge is 2.29. The molecule has 6 nitrogen and oxygen atoms in total. The summed E-state index contributed by atoms with van der Waals surface area (Å²) in [7, 11) is 0. The van der Waals surface area contributed by atoms with Crippen LogP contribution in [0.25, 0.3) is 0 Å². The van der Waals surface area contributed by atoms with Crippen molar-refractivity contribution in [3.05, 3.63) is 34.6 Å². The van der Waals surface area contributed by atoms with Crippen LogP contribution < -0.4 is 5.32 Å². The van der Waals surface area contributed by atoms with Crippen molar-refractivity contribution >= 4 is 23.4 Å². The van der Waals surface area contributed by atoms with Gasteiger partial charge in [-0.15, -0.1) is 0 Å². The average Bonchev–Trinajstić information content (AvgIpc) is 2.77. The van der Waals surface area contributed by atoms with Gasteiger partial charge in [0.2, 0.25) is 11.8 Å². The normalized spacial score (nSPS) is 21.4. The van der Waals surface area contributed by atoms with Crippen molar-refractivity contribution < 1.29 is 14.0 Å². The number of piperidine rings is 1. The molecule has 1 aromatic rings. The van der Waals surface area contributed by atoms with Gasteiger partial charge in [-0.05, 0) is 44.9 Å². The Kier molecular flexibility index (Phi) is 9.32. The number of amides is 2. The van der Waals surface area contributed by atoms with Crippen LogP contribution in [0, 0.1) is 11.7 Å². The first-order valence-electron chi connectivity index (χ1n) is 11.8. The van der Waals surface area contributed by atoms with Gasteiger partial charge in [-0.25, -0.2) is 4.39 Å². The molecule has 0 aromatic heterocycles. The number of halogens is 2. The van der Waals surface area contributed by atoms with Crippen molar-refractivity contribution in [2.75, 3.05) is 45.8 Å². The highest BCUT2D eigenvalue weighted by atomic mass is 35.5. The van der Waals surface area contributed by atoms with Crippen molar-refractivity contribution in [2.24, 2.45) is 5.92 Å². The molecule has 32 heavy (non-hydrogen) atoms. The van der Waals surface area contributed by atoms with E-state index in [1.165, 1.54) is 6.07 Å². The van der Waals surface area contributed by atoms with E-state index in [0.29, 0.717) is 56.4 Å². The Balaban J connectivity index is 1.44. The van der Waals surface area contributed by atoms with E-state index in [1.807, 2.05) is 11.8 Å². The molecule has 0 saturated carbocycles. The maximum Gasteiger partial charge on any atom is 0.236 e. The first-order chi connectivity index (χ1) is 15.4. The molecule has 3 rings (SSSR count). The van der Waals surface area contributed by atoms with Crippen molar-refractivity contribution in [1.29, 1.82) is 0 Å². The number of piperazine rings is 1. The van der Waals surface area contributed by atoms with E-state index in [4.69, 9.17) is 11.6 Å². The van der Waals surface area contributed by atoms with Gasteiger partial charge in [0.25, 0.3) is 0 Å². The number of benzene rings is 1. The molecular formula is C24H36ClFN4O2.